The molecule has 2 aromatic carbocycles. The van der Waals surface area contributed by atoms with Crippen LogP contribution in [0.5, 0.6) is 17.2 Å². The van der Waals surface area contributed by atoms with Crippen molar-refractivity contribution in [2.24, 2.45) is 0 Å². The van der Waals surface area contributed by atoms with Crippen LogP contribution in [0.15, 0.2) is 54.9 Å². The minimum Gasteiger partial charge on any atom is -0.493 e. The van der Waals surface area contributed by atoms with E-state index < -0.39 is 5.60 Å². The Balaban J connectivity index is 1.37. The third kappa shape index (κ3) is 7.21. The highest BCUT2D eigenvalue weighted by Gasteiger charge is 2.33. The molecule has 1 saturated heterocycles. The molecule has 0 aliphatic carbocycles. The summed E-state index contributed by atoms with van der Waals surface area (Å²) in [4.78, 5) is 2.18. The first kappa shape index (κ1) is 25.0. The number of benzene rings is 2. The highest BCUT2D eigenvalue weighted by molar-refractivity contribution is 5.43. The number of aryl methyl sites for hydroxylation is 2. The van der Waals surface area contributed by atoms with Crippen LogP contribution >= 0.6 is 0 Å². The first-order chi connectivity index (χ1) is 16.9. The lowest BCUT2D eigenvalue weighted by molar-refractivity contribution is -0.0646. The maximum Gasteiger partial charge on any atom is 0.161 e. The Morgan fingerprint density at radius 2 is 1.89 bits per heavy atom. The predicted octanol–water partition coefficient (Wildman–Crippen LogP) is 3.23. The number of β-amino-alcohol motifs (C(OH)–C–C–N with tert-alkyl or cyclic N) is 1. The lowest BCUT2D eigenvalue weighted by Crippen LogP contribution is -2.48. The molecule has 8 heteroatoms. The molecule has 35 heavy (non-hydrogen) atoms. The van der Waals surface area contributed by atoms with Crippen LogP contribution in [0.4, 0.5) is 0 Å². The largest absolute Gasteiger partial charge is 0.493 e. The van der Waals surface area contributed by atoms with Crippen LogP contribution in [0.25, 0.3) is 0 Å². The Kier molecular flexibility index (Phi) is 8.28. The van der Waals surface area contributed by atoms with Gasteiger partial charge in [-0.25, -0.2) is 0 Å². The number of aliphatic hydroxyl groups is 1. The number of ether oxygens (including phenoxy) is 4. The minimum absolute atomic E-state index is 0.163. The van der Waals surface area contributed by atoms with Crippen LogP contribution in [0, 0.1) is 13.8 Å². The number of methoxy groups -OCH3 is 1. The van der Waals surface area contributed by atoms with Gasteiger partial charge in [0.2, 0.25) is 0 Å². The quantitative estimate of drug-likeness (QED) is 0.476. The van der Waals surface area contributed by atoms with Crippen LogP contribution in [-0.4, -0.2) is 72.0 Å². The normalized spacial score (nSPS) is 18.7. The standard InChI is InChI=1S/C27H35N3O5/c1-21-4-7-24(8-5-21)35-20-27(31)18-29(10-12-33-19-27)17-23-6-9-25(32-3)26(14-23)34-13-11-30-16-22(2)15-28-30/h4-9,14-16,31H,10-13,17-20H2,1-3H3. The molecule has 0 bridgehead atoms. The smallest absolute Gasteiger partial charge is 0.161 e. The van der Waals surface area contributed by atoms with Crippen LogP contribution in [0.3, 0.4) is 0 Å². The molecular formula is C27H35N3O5. The summed E-state index contributed by atoms with van der Waals surface area (Å²) in [6.07, 6.45) is 3.82. The van der Waals surface area contributed by atoms with Gasteiger partial charge in [-0.2, -0.15) is 5.10 Å². The van der Waals surface area contributed by atoms with E-state index in [9.17, 15) is 5.11 Å². The lowest BCUT2D eigenvalue weighted by atomic mass is 10.1. The molecule has 0 saturated carbocycles. The number of aromatic nitrogens is 2. The van der Waals surface area contributed by atoms with Crippen molar-refractivity contribution in [1.29, 1.82) is 0 Å². The van der Waals surface area contributed by atoms with Crippen molar-refractivity contribution < 1.29 is 24.1 Å². The highest BCUT2D eigenvalue weighted by Crippen LogP contribution is 2.29. The van der Waals surface area contributed by atoms with Crippen molar-refractivity contribution in [1.82, 2.24) is 14.7 Å². The van der Waals surface area contributed by atoms with E-state index in [4.69, 9.17) is 18.9 Å². The average Bonchev–Trinajstić information content (AvgIpc) is 3.17. The van der Waals surface area contributed by atoms with E-state index in [2.05, 4.69) is 10.00 Å². The number of nitrogens with zero attached hydrogens (tertiary/aromatic N) is 3. The van der Waals surface area contributed by atoms with Gasteiger partial charge >= 0.3 is 0 Å². The fourth-order valence-electron chi connectivity index (χ4n) is 4.10. The molecule has 1 unspecified atom stereocenters. The van der Waals surface area contributed by atoms with E-state index in [-0.39, 0.29) is 13.2 Å². The molecule has 8 nitrogen and oxygen atoms in total. The molecule has 1 fully saturated rings. The SMILES string of the molecule is COc1ccc(CN2CCOCC(O)(COc3ccc(C)cc3)C2)cc1OCCn1cc(C)cn1. The lowest BCUT2D eigenvalue weighted by Gasteiger charge is -2.30. The van der Waals surface area contributed by atoms with Gasteiger partial charge in [-0.15, -0.1) is 0 Å². The maximum absolute atomic E-state index is 11.2. The summed E-state index contributed by atoms with van der Waals surface area (Å²) in [6, 6.07) is 13.8. The van der Waals surface area contributed by atoms with Crippen LogP contribution in [0.2, 0.25) is 0 Å². The van der Waals surface area contributed by atoms with Gasteiger partial charge in [0.05, 0.1) is 33.1 Å². The topological polar surface area (TPSA) is 78.2 Å². The Labute approximate surface area is 207 Å². The first-order valence-electron chi connectivity index (χ1n) is 11.9. The van der Waals surface area contributed by atoms with Crippen molar-refractivity contribution in [3.8, 4) is 17.2 Å². The zero-order valence-electron chi connectivity index (χ0n) is 20.8. The molecule has 0 spiro atoms. The molecule has 1 aliphatic rings. The van der Waals surface area contributed by atoms with E-state index in [1.807, 2.05) is 73.4 Å². The molecule has 188 valence electrons. The number of hydrogen-bond acceptors (Lipinski definition) is 7. The Morgan fingerprint density at radius 1 is 1.06 bits per heavy atom. The monoisotopic (exact) mass is 481 g/mol. The summed E-state index contributed by atoms with van der Waals surface area (Å²) in [5.74, 6) is 2.12. The molecular weight excluding hydrogens is 446 g/mol. The first-order valence-corrected chi connectivity index (χ1v) is 11.9. The Morgan fingerprint density at radius 3 is 2.63 bits per heavy atom. The van der Waals surface area contributed by atoms with Gasteiger partial charge in [0.25, 0.3) is 0 Å². The average molecular weight is 482 g/mol. The van der Waals surface area contributed by atoms with Gasteiger partial charge < -0.3 is 24.1 Å². The fraction of sp³-hybridized carbons (Fsp3) is 0.444. The second-order valence-corrected chi connectivity index (χ2v) is 9.20. The predicted molar refractivity (Wildman–Crippen MR) is 133 cm³/mol. The van der Waals surface area contributed by atoms with E-state index in [0.717, 1.165) is 16.9 Å². The molecule has 1 aliphatic heterocycles. The third-order valence-electron chi connectivity index (χ3n) is 5.94. The molecule has 4 rings (SSSR count). The van der Waals surface area contributed by atoms with E-state index in [0.29, 0.717) is 50.9 Å². The second-order valence-electron chi connectivity index (χ2n) is 9.20. The number of rotatable bonds is 10. The molecule has 0 radical (unpaired) electrons. The maximum atomic E-state index is 11.2. The zero-order chi connectivity index (χ0) is 24.7. The van der Waals surface area contributed by atoms with E-state index >= 15 is 0 Å². The van der Waals surface area contributed by atoms with Gasteiger partial charge in [-0.1, -0.05) is 23.8 Å². The summed E-state index contributed by atoms with van der Waals surface area (Å²) < 4.78 is 25.0. The van der Waals surface area contributed by atoms with Crippen molar-refractivity contribution in [2.45, 2.75) is 32.5 Å². The molecule has 2 heterocycles. The van der Waals surface area contributed by atoms with E-state index in [1.165, 1.54) is 5.56 Å². The van der Waals surface area contributed by atoms with Gasteiger partial charge in [-0.3, -0.25) is 9.58 Å². The highest BCUT2D eigenvalue weighted by atomic mass is 16.5. The van der Waals surface area contributed by atoms with Gasteiger partial charge in [0.15, 0.2) is 11.5 Å². The van der Waals surface area contributed by atoms with Crippen molar-refractivity contribution in [3.63, 3.8) is 0 Å². The van der Waals surface area contributed by atoms with Crippen molar-refractivity contribution in [2.75, 3.05) is 46.6 Å². The van der Waals surface area contributed by atoms with Gasteiger partial charge in [0.1, 0.15) is 24.6 Å². The van der Waals surface area contributed by atoms with Crippen molar-refractivity contribution >= 4 is 0 Å². The summed E-state index contributed by atoms with van der Waals surface area (Å²) in [6.45, 7) is 7.94. The molecule has 1 N–H and O–H groups in total. The molecule has 1 aromatic heterocycles. The number of hydrogen-bond donors (Lipinski definition) is 1. The van der Waals surface area contributed by atoms with Crippen LogP contribution < -0.4 is 14.2 Å². The summed E-state index contributed by atoms with van der Waals surface area (Å²) in [5.41, 5.74) is 2.25. The Bertz CT molecular complexity index is 1080. The summed E-state index contributed by atoms with van der Waals surface area (Å²) >= 11 is 0. The van der Waals surface area contributed by atoms with Gasteiger partial charge in [-0.05, 0) is 49.2 Å². The summed E-state index contributed by atoms with van der Waals surface area (Å²) in [7, 11) is 1.64. The van der Waals surface area contributed by atoms with E-state index in [1.54, 1.807) is 7.11 Å². The molecule has 1 atom stereocenters. The third-order valence-corrected chi connectivity index (χ3v) is 5.94. The molecule has 3 aromatic rings. The summed E-state index contributed by atoms with van der Waals surface area (Å²) in [5, 5.41) is 15.5. The fourth-order valence-corrected chi connectivity index (χ4v) is 4.10. The second kappa shape index (κ2) is 11.6. The van der Waals surface area contributed by atoms with Crippen LogP contribution in [0.1, 0.15) is 16.7 Å². The van der Waals surface area contributed by atoms with Crippen molar-refractivity contribution in [3.05, 3.63) is 71.5 Å². The van der Waals surface area contributed by atoms with Crippen LogP contribution in [-0.2, 0) is 17.8 Å². The Hall–Kier alpha value is -3.07. The molecule has 0 amide bonds. The van der Waals surface area contributed by atoms with Gasteiger partial charge in [0, 0.05) is 25.8 Å². The minimum atomic E-state index is -1.10. The zero-order valence-corrected chi connectivity index (χ0v) is 20.8.